The van der Waals surface area contributed by atoms with Gasteiger partial charge in [0.1, 0.15) is 0 Å². The van der Waals surface area contributed by atoms with E-state index < -0.39 is 0 Å². The zero-order valence-corrected chi connectivity index (χ0v) is 10.9. The molecule has 3 atom stereocenters. The lowest BCUT2D eigenvalue weighted by Crippen LogP contribution is -2.24. The zero-order valence-electron chi connectivity index (χ0n) is 9.34. The first-order valence-electron chi connectivity index (χ1n) is 5.92. The minimum absolute atomic E-state index is 0.361. The minimum atomic E-state index is 0.361. The lowest BCUT2D eigenvalue weighted by Gasteiger charge is -2.22. The predicted octanol–water partition coefficient (Wildman–Crippen LogP) is 4.06. The molecule has 1 aromatic carbocycles. The van der Waals surface area contributed by atoms with Gasteiger partial charge in [0.05, 0.1) is 11.0 Å². The standard InChI is InChI=1S/C13H14ClNOS/c14-10-3-5-11(6-4-10)17-13-9-2-1-8(7-9)12(13)15-16/h3-6,8-9,13,16H,1-2,7H2/b15-12+/t8-,9-,13+/m0/s1. The van der Waals surface area contributed by atoms with Crippen molar-refractivity contribution in [2.45, 2.75) is 29.4 Å². The Balaban J connectivity index is 1.79. The third-order valence-electron chi connectivity index (χ3n) is 3.80. The summed E-state index contributed by atoms with van der Waals surface area (Å²) in [5, 5.41) is 13.8. The largest absolute Gasteiger partial charge is 0.411 e. The second kappa shape index (κ2) is 4.54. The molecule has 0 unspecified atom stereocenters. The van der Waals surface area contributed by atoms with Crippen LogP contribution < -0.4 is 0 Å². The molecule has 2 saturated carbocycles. The molecule has 0 saturated heterocycles. The van der Waals surface area contributed by atoms with Crippen molar-refractivity contribution in [2.24, 2.45) is 17.0 Å². The summed E-state index contributed by atoms with van der Waals surface area (Å²) in [5.74, 6) is 1.21. The average molecular weight is 268 g/mol. The van der Waals surface area contributed by atoms with Gasteiger partial charge in [-0.25, -0.2) is 0 Å². The molecule has 17 heavy (non-hydrogen) atoms. The van der Waals surface area contributed by atoms with E-state index in [9.17, 15) is 0 Å². The van der Waals surface area contributed by atoms with E-state index in [1.54, 1.807) is 11.8 Å². The van der Waals surface area contributed by atoms with Gasteiger partial charge in [-0.2, -0.15) is 0 Å². The van der Waals surface area contributed by atoms with E-state index in [0.717, 1.165) is 10.7 Å². The van der Waals surface area contributed by atoms with E-state index in [2.05, 4.69) is 5.16 Å². The summed E-state index contributed by atoms with van der Waals surface area (Å²) < 4.78 is 0. The van der Waals surface area contributed by atoms with E-state index in [0.29, 0.717) is 17.1 Å². The van der Waals surface area contributed by atoms with Gasteiger partial charge < -0.3 is 5.21 Å². The highest BCUT2D eigenvalue weighted by Crippen LogP contribution is 2.49. The smallest absolute Gasteiger partial charge is 0.0737 e. The van der Waals surface area contributed by atoms with Crippen LogP contribution in [0.2, 0.25) is 5.02 Å². The summed E-state index contributed by atoms with van der Waals surface area (Å²) in [4.78, 5) is 1.20. The van der Waals surface area contributed by atoms with Crippen LogP contribution in [0.5, 0.6) is 0 Å². The van der Waals surface area contributed by atoms with Crippen LogP contribution in [0.4, 0.5) is 0 Å². The molecule has 2 nitrogen and oxygen atoms in total. The first-order valence-corrected chi connectivity index (χ1v) is 7.18. The molecule has 0 spiro atoms. The van der Waals surface area contributed by atoms with Gasteiger partial charge in [0.25, 0.3) is 0 Å². The first kappa shape index (κ1) is 11.4. The number of rotatable bonds is 2. The topological polar surface area (TPSA) is 32.6 Å². The number of hydrogen-bond donors (Lipinski definition) is 1. The van der Waals surface area contributed by atoms with Crippen molar-refractivity contribution in [3.63, 3.8) is 0 Å². The molecule has 0 aromatic heterocycles. The van der Waals surface area contributed by atoms with Crippen LogP contribution in [0, 0.1) is 11.8 Å². The summed E-state index contributed by atoms with van der Waals surface area (Å²) in [7, 11) is 0. The number of halogens is 1. The fourth-order valence-electron chi connectivity index (χ4n) is 2.99. The highest BCUT2D eigenvalue weighted by atomic mass is 35.5. The highest BCUT2D eigenvalue weighted by molar-refractivity contribution is 8.00. The van der Waals surface area contributed by atoms with Crippen LogP contribution in [0.3, 0.4) is 0 Å². The molecule has 1 N–H and O–H groups in total. The van der Waals surface area contributed by atoms with E-state index in [-0.39, 0.29) is 0 Å². The quantitative estimate of drug-likeness (QED) is 0.647. The maximum atomic E-state index is 9.13. The van der Waals surface area contributed by atoms with Gasteiger partial charge >= 0.3 is 0 Å². The third-order valence-corrected chi connectivity index (χ3v) is 5.48. The van der Waals surface area contributed by atoms with Crippen molar-refractivity contribution in [3.05, 3.63) is 29.3 Å². The van der Waals surface area contributed by atoms with Gasteiger partial charge in [-0.1, -0.05) is 16.8 Å². The Kier molecular flexibility index (Phi) is 3.05. The Morgan fingerprint density at radius 2 is 2.00 bits per heavy atom. The van der Waals surface area contributed by atoms with Crippen molar-refractivity contribution in [1.82, 2.24) is 0 Å². The van der Waals surface area contributed by atoms with Crippen LogP contribution in [0.1, 0.15) is 19.3 Å². The molecule has 0 aliphatic heterocycles. The molecular weight excluding hydrogens is 254 g/mol. The van der Waals surface area contributed by atoms with E-state index in [4.69, 9.17) is 16.8 Å². The molecule has 3 rings (SSSR count). The average Bonchev–Trinajstić information content (AvgIpc) is 2.92. The maximum Gasteiger partial charge on any atom is 0.0737 e. The van der Waals surface area contributed by atoms with Crippen molar-refractivity contribution in [2.75, 3.05) is 0 Å². The monoisotopic (exact) mass is 267 g/mol. The lowest BCUT2D eigenvalue weighted by molar-refractivity contribution is 0.314. The second-order valence-electron chi connectivity index (χ2n) is 4.79. The molecule has 0 radical (unpaired) electrons. The van der Waals surface area contributed by atoms with Gasteiger partial charge in [-0.15, -0.1) is 11.8 Å². The van der Waals surface area contributed by atoms with Crippen LogP contribution in [0.25, 0.3) is 0 Å². The van der Waals surface area contributed by atoms with Gasteiger partial charge in [0.2, 0.25) is 0 Å². The summed E-state index contributed by atoms with van der Waals surface area (Å²) >= 11 is 7.68. The van der Waals surface area contributed by atoms with Gasteiger partial charge in [0, 0.05) is 15.8 Å². The van der Waals surface area contributed by atoms with Crippen molar-refractivity contribution in [3.8, 4) is 0 Å². The molecule has 1 aromatic rings. The van der Waals surface area contributed by atoms with E-state index in [1.807, 2.05) is 24.3 Å². The Labute approximate surface area is 110 Å². The second-order valence-corrected chi connectivity index (χ2v) is 6.44. The van der Waals surface area contributed by atoms with E-state index in [1.165, 1.54) is 24.2 Å². The van der Waals surface area contributed by atoms with Gasteiger partial charge in [-0.05, 0) is 49.4 Å². The summed E-state index contributed by atoms with van der Waals surface area (Å²) in [6, 6.07) is 7.89. The van der Waals surface area contributed by atoms with Crippen LogP contribution >= 0.6 is 23.4 Å². The first-order chi connectivity index (χ1) is 8.28. The van der Waals surface area contributed by atoms with Crippen molar-refractivity contribution < 1.29 is 5.21 Å². The molecule has 2 fully saturated rings. The minimum Gasteiger partial charge on any atom is -0.411 e. The number of nitrogens with zero attached hydrogens (tertiary/aromatic N) is 1. The fraction of sp³-hybridized carbons (Fsp3) is 0.462. The summed E-state index contributed by atoms with van der Waals surface area (Å²) in [6.07, 6.45) is 3.67. The van der Waals surface area contributed by atoms with Crippen molar-refractivity contribution >= 4 is 29.1 Å². The number of fused-ring (bicyclic) bond motifs is 2. The highest BCUT2D eigenvalue weighted by Gasteiger charge is 2.45. The fourth-order valence-corrected chi connectivity index (χ4v) is 4.50. The SMILES string of the molecule is O/N=C1\[C@H]2CC[C@@H](C2)[C@H]1Sc1ccc(Cl)cc1. The lowest BCUT2D eigenvalue weighted by atomic mass is 9.98. The van der Waals surface area contributed by atoms with Crippen LogP contribution in [0.15, 0.2) is 34.3 Å². The Morgan fingerprint density at radius 1 is 1.24 bits per heavy atom. The summed E-state index contributed by atoms with van der Waals surface area (Å²) in [5.41, 5.74) is 1.00. The molecule has 90 valence electrons. The van der Waals surface area contributed by atoms with Gasteiger partial charge in [-0.3, -0.25) is 0 Å². The van der Waals surface area contributed by atoms with Crippen LogP contribution in [-0.2, 0) is 0 Å². The normalized spacial score (nSPS) is 33.5. The number of benzene rings is 1. The van der Waals surface area contributed by atoms with Crippen LogP contribution in [-0.4, -0.2) is 16.2 Å². The van der Waals surface area contributed by atoms with E-state index >= 15 is 0 Å². The molecule has 0 heterocycles. The maximum absolute atomic E-state index is 9.13. The Bertz CT molecular complexity index is 445. The Morgan fingerprint density at radius 3 is 2.71 bits per heavy atom. The molecule has 2 aliphatic carbocycles. The predicted molar refractivity (Wildman–Crippen MR) is 71.1 cm³/mol. The van der Waals surface area contributed by atoms with Gasteiger partial charge in [0.15, 0.2) is 0 Å². The Hall–Kier alpha value is -0.670. The molecule has 0 amide bonds. The molecule has 4 heteroatoms. The number of oxime groups is 1. The molecular formula is C13H14ClNOS. The molecule has 2 aliphatic rings. The summed E-state index contributed by atoms with van der Waals surface area (Å²) in [6.45, 7) is 0. The third kappa shape index (κ3) is 2.06. The number of thioether (sulfide) groups is 1. The van der Waals surface area contributed by atoms with Crippen molar-refractivity contribution in [1.29, 1.82) is 0 Å². The number of hydrogen-bond acceptors (Lipinski definition) is 3. The molecule has 2 bridgehead atoms. The zero-order chi connectivity index (χ0) is 11.8.